The van der Waals surface area contributed by atoms with Crippen molar-refractivity contribution in [3.8, 4) is 0 Å². The third kappa shape index (κ3) is 3.30. The maximum Gasteiger partial charge on any atom is 0.0763 e. The summed E-state index contributed by atoms with van der Waals surface area (Å²) in [5.41, 5.74) is 3.24. The van der Waals surface area contributed by atoms with Gasteiger partial charge in [-0.3, -0.25) is 4.98 Å². The number of hydrogen-bond donors (Lipinski definition) is 1. The van der Waals surface area contributed by atoms with Gasteiger partial charge in [0.1, 0.15) is 0 Å². The van der Waals surface area contributed by atoms with Crippen molar-refractivity contribution in [2.75, 3.05) is 5.32 Å². The average Bonchev–Trinajstić information content (AvgIpc) is 2.50. The molecule has 1 N–H and O–H groups in total. The summed E-state index contributed by atoms with van der Waals surface area (Å²) in [5, 5.41) is 4.58. The molecule has 2 nitrogen and oxygen atoms in total. The van der Waals surface area contributed by atoms with Gasteiger partial charge in [0.15, 0.2) is 0 Å². The van der Waals surface area contributed by atoms with Crippen molar-refractivity contribution in [1.82, 2.24) is 4.98 Å². The minimum Gasteiger partial charge on any atom is -0.380 e. The van der Waals surface area contributed by atoms with Crippen LogP contribution in [0.1, 0.15) is 5.56 Å². The minimum atomic E-state index is 0.718. The molecule has 0 amide bonds. The van der Waals surface area contributed by atoms with E-state index < -0.39 is 0 Å². The summed E-state index contributed by atoms with van der Waals surface area (Å²) < 4.78 is 3.16. The van der Waals surface area contributed by atoms with E-state index in [-0.39, 0.29) is 0 Å². The molecule has 0 spiro atoms. The zero-order valence-electron chi connectivity index (χ0n) is 10.9. The first-order valence-electron chi connectivity index (χ1n) is 6.36. The van der Waals surface area contributed by atoms with Crippen LogP contribution >= 0.6 is 47.8 Å². The van der Waals surface area contributed by atoms with Crippen molar-refractivity contribution in [3.63, 3.8) is 0 Å². The number of halogens is 3. The van der Waals surface area contributed by atoms with Crippen LogP contribution < -0.4 is 5.32 Å². The molecule has 5 heteroatoms. The van der Waals surface area contributed by atoms with E-state index in [4.69, 9.17) is 0 Å². The Balaban J connectivity index is 1.92. The van der Waals surface area contributed by atoms with E-state index in [1.54, 1.807) is 0 Å². The number of pyridine rings is 1. The molecule has 3 rings (SSSR count). The lowest BCUT2D eigenvalue weighted by molar-refractivity contribution is 1.15. The summed E-state index contributed by atoms with van der Waals surface area (Å²) in [4.78, 5) is 4.50. The zero-order valence-corrected chi connectivity index (χ0v) is 15.7. The summed E-state index contributed by atoms with van der Waals surface area (Å²) in [6, 6.07) is 14.3. The lowest BCUT2D eigenvalue weighted by atomic mass is 10.1. The number of fused-ring (bicyclic) bond motifs is 1. The van der Waals surface area contributed by atoms with E-state index in [2.05, 4.69) is 82.4 Å². The summed E-state index contributed by atoms with van der Waals surface area (Å²) in [6.07, 6.45) is 1.83. The molecular weight excluding hydrogens is 460 g/mol. The number of nitrogens with zero attached hydrogens (tertiary/aromatic N) is 1. The first kappa shape index (κ1) is 15.0. The van der Waals surface area contributed by atoms with E-state index in [0.29, 0.717) is 0 Å². The Morgan fingerprint density at radius 3 is 2.62 bits per heavy atom. The quantitative estimate of drug-likeness (QED) is 0.497. The van der Waals surface area contributed by atoms with E-state index in [1.807, 2.05) is 24.4 Å². The second kappa shape index (κ2) is 6.46. The summed E-state index contributed by atoms with van der Waals surface area (Å²) in [6.45, 7) is 0.718. The van der Waals surface area contributed by atoms with E-state index in [9.17, 15) is 0 Å². The SMILES string of the molecule is Brc1ccc(Br)c(NCc2ccc(Br)c3cccnc23)c1. The van der Waals surface area contributed by atoms with E-state index in [0.717, 1.165) is 36.6 Å². The zero-order chi connectivity index (χ0) is 14.8. The highest BCUT2D eigenvalue weighted by Gasteiger charge is 2.06. The second-order valence-corrected chi connectivity index (χ2v) is 7.21. The fourth-order valence-corrected chi connectivity index (χ4v) is 3.36. The van der Waals surface area contributed by atoms with E-state index in [1.165, 1.54) is 5.56 Å². The first-order valence-corrected chi connectivity index (χ1v) is 8.74. The number of hydrogen-bond acceptors (Lipinski definition) is 2. The molecule has 21 heavy (non-hydrogen) atoms. The van der Waals surface area contributed by atoms with Gasteiger partial charge >= 0.3 is 0 Å². The van der Waals surface area contributed by atoms with Crippen molar-refractivity contribution in [2.45, 2.75) is 6.54 Å². The third-order valence-electron chi connectivity index (χ3n) is 3.20. The molecule has 0 fully saturated rings. The topological polar surface area (TPSA) is 24.9 Å². The molecule has 0 aliphatic carbocycles. The maximum atomic E-state index is 4.50. The molecule has 0 bridgehead atoms. The molecule has 106 valence electrons. The number of nitrogens with one attached hydrogen (secondary N) is 1. The van der Waals surface area contributed by atoms with Crippen LogP contribution in [-0.2, 0) is 6.54 Å². The molecule has 0 atom stereocenters. The van der Waals surface area contributed by atoms with Crippen LogP contribution in [0.3, 0.4) is 0 Å². The minimum absolute atomic E-state index is 0.718. The molecule has 0 aliphatic heterocycles. The maximum absolute atomic E-state index is 4.50. The average molecular weight is 471 g/mol. The largest absolute Gasteiger partial charge is 0.380 e. The van der Waals surface area contributed by atoms with Gasteiger partial charge < -0.3 is 5.32 Å². The number of benzene rings is 2. The molecule has 1 heterocycles. The molecule has 2 aromatic carbocycles. The van der Waals surface area contributed by atoms with Crippen LogP contribution in [0.5, 0.6) is 0 Å². The smallest absolute Gasteiger partial charge is 0.0763 e. The highest BCUT2D eigenvalue weighted by atomic mass is 79.9. The van der Waals surface area contributed by atoms with Gasteiger partial charge in [-0.15, -0.1) is 0 Å². The van der Waals surface area contributed by atoms with Gasteiger partial charge in [0, 0.05) is 37.2 Å². The first-order chi connectivity index (χ1) is 10.1. The lowest BCUT2D eigenvalue weighted by Gasteiger charge is -2.11. The van der Waals surface area contributed by atoms with Gasteiger partial charge in [0.05, 0.1) is 5.52 Å². The van der Waals surface area contributed by atoms with Crippen molar-refractivity contribution in [1.29, 1.82) is 0 Å². The highest BCUT2D eigenvalue weighted by Crippen LogP contribution is 2.29. The molecule has 0 saturated heterocycles. The van der Waals surface area contributed by atoms with Gasteiger partial charge in [-0.05, 0) is 51.8 Å². The molecule has 0 aliphatic rings. The predicted octanol–water partition coefficient (Wildman–Crippen LogP) is 6.13. The monoisotopic (exact) mass is 468 g/mol. The van der Waals surface area contributed by atoms with Gasteiger partial charge in [-0.2, -0.15) is 0 Å². The van der Waals surface area contributed by atoms with Crippen LogP contribution in [-0.4, -0.2) is 4.98 Å². The fourth-order valence-electron chi connectivity index (χ4n) is 2.16. The molecular formula is C16H11Br3N2. The highest BCUT2D eigenvalue weighted by molar-refractivity contribution is 9.11. The molecule has 0 radical (unpaired) electrons. The van der Waals surface area contributed by atoms with Gasteiger partial charge in [0.2, 0.25) is 0 Å². The van der Waals surface area contributed by atoms with E-state index >= 15 is 0 Å². The number of anilines is 1. The fraction of sp³-hybridized carbons (Fsp3) is 0.0625. The summed E-state index contributed by atoms with van der Waals surface area (Å²) in [7, 11) is 0. The predicted molar refractivity (Wildman–Crippen MR) is 98.6 cm³/mol. The Morgan fingerprint density at radius 1 is 0.952 bits per heavy atom. The molecule has 3 aromatic rings. The van der Waals surface area contributed by atoms with Crippen LogP contribution in [0.15, 0.2) is 62.1 Å². The van der Waals surface area contributed by atoms with Crippen LogP contribution in [0, 0.1) is 0 Å². The Kier molecular flexibility index (Phi) is 4.62. The molecule has 0 saturated carbocycles. The Hall–Kier alpha value is -0.910. The summed E-state index contributed by atoms with van der Waals surface area (Å²) >= 11 is 10.6. The molecule has 0 unspecified atom stereocenters. The standard InChI is InChI=1S/C16H11Br3N2/c17-11-4-6-14(19)15(8-11)21-9-10-3-5-13(18)12-2-1-7-20-16(10)12/h1-8,21H,9H2. The van der Waals surface area contributed by atoms with Crippen molar-refractivity contribution >= 4 is 64.4 Å². The third-order valence-corrected chi connectivity index (χ3v) is 5.07. The Bertz CT molecular complexity index is 803. The molecule has 1 aromatic heterocycles. The van der Waals surface area contributed by atoms with Crippen LogP contribution in [0.4, 0.5) is 5.69 Å². The van der Waals surface area contributed by atoms with Gasteiger partial charge in [-0.25, -0.2) is 0 Å². The van der Waals surface area contributed by atoms with Gasteiger partial charge in [-0.1, -0.05) is 44.0 Å². The normalized spacial score (nSPS) is 10.8. The van der Waals surface area contributed by atoms with Crippen molar-refractivity contribution in [3.05, 3.63) is 67.6 Å². The van der Waals surface area contributed by atoms with Gasteiger partial charge in [0.25, 0.3) is 0 Å². The lowest BCUT2D eigenvalue weighted by Crippen LogP contribution is -2.01. The van der Waals surface area contributed by atoms with Crippen LogP contribution in [0.2, 0.25) is 0 Å². The second-order valence-electron chi connectivity index (χ2n) is 4.58. The summed E-state index contributed by atoms with van der Waals surface area (Å²) in [5.74, 6) is 0. The number of aromatic nitrogens is 1. The number of rotatable bonds is 3. The van der Waals surface area contributed by atoms with Crippen molar-refractivity contribution in [2.24, 2.45) is 0 Å². The van der Waals surface area contributed by atoms with Crippen LogP contribution in [0.25, 0.3) is 10.9 Å². The Labute approximate surface area is 148 Å². The van der Waals surface area contributed by atoms with Crippen molar-refractivity contribution < 1.29 is 0 Å². The Morgan fingerprint density at radius 2 is 1.76 bits per heavy atom.